The maximum Gasteiger partial charge on any atom is 0.240 e. The molecular weight excluding hydrogens is 264 g/mol. The largest absolute Gasteiger partial charge is 0.387 e. The molecule has 5 nitrogen and oxygen atoms in total. The summed E-state index contributed by atoms with van der Waals surface area (Å²) in [6.45, 7) is 1.48. The summed E-state index contributed by atoms with van der Waals surface area (Å²) < 4.78 is 51.2. The molecule has 1 atom stereocenters. The van der Waals surface area contributed by atoms with Gasteiger partial charge in [0.1, 0.15) is 0 Å². The molecule has 0 spiro atoms. The van der Waals surface area contributed by atoms with Crippen LogP contribution in [-0.4, -0.2) is 20.8 Å². The SMILES string of the molecule is CC(CNS(=O)(=O)c1ccc(F)c(F)c1)C(=N)N. The number of hydrogen-bond donors (Lipinski definition) is 3. The van der Waals surface area contributed by atoms with E-state index in [0.717, 1.165) is 12.1 Å². The molecule has 1 aromatic carbocycles. The van der Waals surface area contributed by atoms with Gasteiger partial charge in [0.15, 0.2) is 11.6 Å². The minimum absolute atomic E-state index is 0.0866. The number of nitrogens with two attached hydrogens (primary N) is 1. The Morgan fingerprint density at radius 3 is 2.56 bits per heavy atom. The molecule has 0 aliphatic heterocycles. The number of rotatable bonds is 5. The van der Waals surface area contributed by atoms with Gasteiger partial charge in [0.2, 0.25) is 10.0 Å². The van der Waals surface area contributed by atoms with Gasteiger partial charge in [-0.3, -0.25) is 5.41 Å². The molecule has 8 heteroatoms. The minimum Gasteiger partial charge on any atom is -0.387 e. The predicted octanol–water partition coefficient (Wildman–Crippen LogP) is 0.815. The summed E-state index contributed by atoms with van der Waals surface area (Å²) in [4.78, 5) is -0.378. The first-order valence-corrected chi connectivity index (χ1v) is 6.51. The topological polar surface area (TPSA) is 96.0 Å². The van der Waals surface area contributed by atoms with E-state index in [0.29, 0.717) is 6.07 Å². The molecule has 0 fully saturated rings. The number of benzene rings is 1. The van der Waals surface area contributed by atoms with Gasteiger partial charge in [-0.25, -0.2) is 21.9 Å². The normalized spacial score (nSPS) is 13.3. The number of nitrogens with one attached hydrogen (secondary N) is 2. The van der Waals surface area contributed by atoms with E-state index in [2.05, 4.69) is 4.72 Å². The highest BCUT2D eigenvalue weighted by Gasteiger charge is 2.17. The van der Waals surface area contributed by atoms with Crippen molar-refractivity contribution in [1.82, 2.24) is 4.72 Å². The molecule has 18 heavy (non-hydrogen) atoms. The van der Waals surface area contributed by atoms with E-state index in [1.807, 2.05) is 0 Å². The Morgan fingerprint density at radius 1 is 1.44 bits per heavy atom. The van der Waals surface area contributed by atoms with Crippen LogP contribution in [0.3, 0.4) is 0 Å². The van der Waals surface area contributed by atoms with Gasteiger partial charge in [0, 0.05) is 12.5 Å². The van der Waals surface area contributed by atoms with Gasteiger partial charge in [0.05, 0.1) is 10.7 Å². The lowest BCUT2D eigenvalue weighted by Gasteiger charge is -2.11. The lowest BCUT2D eigenvalue weighted by molar-refractivity contribution is 0.504. The van der Waals surface area contributed by atoms with Crippen molar-refractivity contribution >= 4 is 15.9 Å². The van der Waals surface area contributed by atoms with Gasteiger partial charge in [0.25, 0.3) is 0 Å². The number of halogens is 2. The van der Waals surface area contributed by atoms with E-state index in [1.165, 1.54) is 0 Å². The summed E-state index contributed by atoms with van der Waals surface area (Å²) in [6.07, 6.45) is 0. The summed E-state index contributed by atoms with van der Waals surface area (Å²) in [6, 6.07) is 2.29. The van der Waals surface area contributed by atoms with Crippen molar-refractivity contribution in [2.24, 2.45) is 11.7 Å². The summed E-state index contributed by atoms with van der Waals surface area (Å²) in [7, 11) is -3.94. The molecule has 0 saturated carbocycles. The van der Waals surface area contributed by atoms with Crippen molar-refractivity contribution in [3.63, 3.8) is 0 Å². The Hall–Kier alpha value is -1.54. The molecule has 0 bridgehead atoms. The van der Waals surface area contributed by atoms with E-state index in [1.54, 1.807) is 6.92 Å². The fourth-order valence-electron chi connectivity index (χ4n) is 1.07. The maximum atomic E-state index is 12.9. The van der Waals surface area contributed by atoms with Gasteiger partial charge >= 0.3 is 0 Å². The second-order valence-corrected chi connectivity index (χ2v) is 5.55. The first-order chi connectivity index (χ1) is 8.24. The molecule has 0 radical (unpaired) electrons. The molecule has 1 unspecified atom stereocenters. The van der Waals surface area contributed by atoms with Gasteiger partial charge < -0.3 is 5.73 Å². The van der Waals surface area contributed by atoms with Crippen molar-refractivity contribution in [3.05, 3.63) is 29.8 Å². The lowest BCUT2D eigenvalue weighted by atomic mass is 10.2. The van der Waals surface area contributed by atoms with Crippen LogP contribution in [0.4, 0.5) is 8.78 Å². The third-order valence-corrected chi connectivity index (χ3v) is 3.73. The third-order valence-electron chi connectivity index (χ3n) is 2.31. The highest BCUT2D eigenvalue weighted by molar-refractivity contribution is 7.89. The summed E-state index contributed by atoms with van der Waals surface area (Å²) in [5, 5.41) is 7.11. The van der Waals surface area contributed by atoms with E-state index < -0.39 is 27.6 Å². The van der Waals surface area contributed by atoms with Crippen LogP contribution < -0.4 is 10.5 Å². The fourth-order valence-corrected chi connectivity index (χ4v) is 2.21. The molecule has 0 heterocycles. The average Bonchev–Trinajstić information content (AvgIpc) is 2.29. The Labute approximate surface area is 104 Å². The average molecular weight is 277 g/mol. The minimum atomic E-state index is -3.94. The zero-order valence-electron chi connectivity index (χ0n) is 9.57. The first-order valence-electron chi connectivity index (χ1n) is 5.02. The molecule has 0 amide bonds. The van der Waals surface area contributed by atoms with Crippen LogP contribution in [0.2, 0.25) is 0 Å². The van der Waals surface area contributed by atoms with Crippen molar-refractivity contribution in [2.75, 3.05) is 6.54 Å². The Kier molecular flexibility index (Phi) is 4.36. The molecule has 1 rings (SSSR count). The van der Waals surface area contributed by atoms with Crippen LogP contribution in [0, 0.1) is 23.0 Å². The molecule has 0 saturated heterocycles. The predicted molar refractivity (Wildman–Crippen MR) is 62.6 cm³/mol. The Bertz CT molecular complexity index is 560. The highest BCUT2D eigenvalue weighted by atomic mass is 32.2. The quantitative estimate of drug-likeness (QED) is 0.549. The summed E-state index contributed by atoms with van der Waals surface area (Å²) in [5.41, 5.74) is 5.19. The smallest absolute Gasteiger partial charge is 0.240 e. The van der Waals surface area contributed by atoms with E-state index in [-0.39, 0.29) is 17.3 Å². The van der Waals surface area contributed by atoms with E-state index in [9.17, 15) is 17.2 Å². The van der Waals surface area contributed by atoms with Gasteiger partial charge in [-0.15, -0.1) is 0 Å². The van der Waals surface area contributed by atoms with Crippen LogP contribution >= 0.6 is 0 Å². The van der Waals surface area contributed by atoms with Gasteiger partial charge in [-0.05, 0) is 18.2 Å². The van der Waals surface area contributed by atoms with Crippen molar-refractivity contribution < 1.29 is 17.2 Å². The maximum absolute atomic E-state index is 12.9. The lowest BCUT2D eigenvalue weighted by Crippen LogP contribution is -2.34. The van der Waals surface area contributed by atoms with Crippen molar-refractivity contribution in [2.45, 2.75) is 11.8 Å². The van der Waals surface area contributed by atoms with E-state index >= 15 is 0 Å². The molecule has 1 aromatic rings. The zero-order valence-corrected chi connectivity index (χ0v) is 10.4. The number of hydrogen-bond acceptors (Lipinski definition) is 3. The van der Waals surface area contributed by atoms with Crippen LogP contribution in [0.1, 0.15) is 6.92 Å². The molecule has 4 N–H and O–H groups in total. The van der Waals surface area contributed by atoms with Crippen molar-refractivity contribution in [1.29, 1.82) is 5.41 Å². The van der Waals surface area contributed by atoms with Crippen LogP contribution in [0.25, 0.3) is 0 Å². The van der Waals surface area contributed by atoms with Crippen LogP contribution in [0.15, 0.2) is 23.1 Å². The molecule has 0 aliphatic carbocycles. The molecule has 100 valence electrons. The fraction of sp³-hybridized carbons (Fsp3) is 0.300. The van der Waals surface area contributed by atoms with Crippen molar-refractivity contribution in [3.8, 4) is 0 Å². The van der Waals surface area contributed by atoms with Crippen LogP contribution in [0.5, 0.6) is 0 Å². The summed E-state index contributed by atoms with van der Waals surface area (Å²) >= 11 is 0. The molecule has 0 aromatic heterocycles. The summed E-state index contributed by atoms with van der Waals surface area (Å²) in [5.74, 6) is -3.00. The van der Waals surface area contributed by atoms with Gasteiger partial charge in [-0.2, -0.15) is 0 Å². The van der Waals surface area contributed by atoms with E-state index in [4.69, 9.17) is 11.1 Å². The standard InChI is InChI=1S/C10H13F2N3O2S/c1-6(10(13)14)5-15-18(16,17)7-2-3-8(11)9(12)4-7/h2-4,6,15H,5H2,1H3,(H3,13,14). The monoisotopic (exact) mass is 277 g/mol. The number of sulfonamides is 1. The van der Waals surface area contributed by atoms with Crippen LogP contribution in [-0.2, 0) is 10.0 Å². The second-order valence-electron chi connectivity index (χ2n) is 3.78. The third kappa shape index (κ3) is 3.47. The zero-order chi connectivity index (χ0) is 13.9. The first kappa shape index (κ1) is 14.5. The second kappa shape index (κ2) is 5.40. The van der Waals surface area contributed by atoms with Gasteiger partial charge in [-0.1, -0.05) is 6.92 Å². The molecule has 0 aliphatic rings. The Morgan fingerprint density at radius 2 is 2.06 bits per heavy atom. The Balaban J connectivity index is 2.87. The molecular formula is C10H13F2N3O2S. The highest BCUT2D eigenvalue weighted by Crippen LogP contribution is 2.13. The number of amidine groups is 1.